The molecule has 0 aliphatic heterocycles. The van der Waals surface area contributed by atoms with Crippen molar-refractivity contribution < 1.29 is 0 Å². The minimum absolute atomic E-state index is 0.101. The van der Waals surface area contributed by atoms with Crippen molar-refractivity contribution in [2.24, 2.45) is 0 Å². The van der Waals surface area contributed by atoms with Crippen molar-refractivity contribution >= 4 is 50.7 Å². The van der Waals surface area contributed by atoms with Crippen molar-refractivity contribution in [3.8, 4) is 0 Å². The summed E-state index contributed by atoms with van der Waals surface area (Å²) in [7, 11) is 0. The standard InChI is InChI=1S/C15H13BrCl3N/c1-2-20-15(9-5-3-7-11(16)13(9)18)10-6-4-8-12(17)14(10)19/h3-8,15,20H,2H2,1H3. The van der Waals surface area contributed by atoms with E-state index in [-0.39, 0.29) is 6.04 Å². The second-order valence-corrected chi connectivity index (χ2v) is 6.29. The van der Waals surface area contributed by atoms with Gasteiger partial charge in [0.2, 0.25) is 0 Å². The monoisotopic (exact) mass is 391 g/mol. The molecule has 1 atom stereocenters. The zero-order chi connectivity index (χ0) is 14.7. The average molecular weight is 394 g/mol. The minimum atomic E-state index is -0.101. The van der Waals surface area contributed by atoms with Crippen molar-refractivity contribution in [3.63, 3.8) is 0 Å². The van der Waals surface area contributed by atoms with Crippen molar-refractivity contribution in [1.82, 2.24) is 5.32 Å². The number of halogens is 4. The molecule has 106 valence electrons. The Bertz CT molecular complexity index is 565. The van der Waals surface area contributed by atoms with Crippen molar-refractivity contribution in [1.29, 1.82) is 0 Å². The van der Waals surface area contributed by atoms with Crippen LogP contribution < -0.4 is 5.32 Å². The third-order valence-corrected chi connectivity index (χ3v) is 5.14. The van der Waals surface area contributed by atoms with Crippen molar-refractivity contribution in [3.05, 3.63) is 67.1 Å². The van der Waals surface area contributed by atoms with Gasteiger partial charge in [-0.2, -0.15) is 0 Å². The molecule has 0 aromatic heterocycles. The molecule has 0 heterocycles. The number of hydrogen-bond donors (Lipinski definition) is 1. The smallest absolute Gasteiger partial charge is 0.0643 e. The van der Waals surface area contributed by atoms with Crippen LogP contribution in [0.25, 0.3) is 0 Å². The van der Waals surface area contributed by atoms with Crippen LogP contribution in [-0.4, -0.2) is 6.54 Å². The molecule has 2 aromatic rings. The summed E-state index contributed by atoms with van der Waals surface area (Å²) >= 11 is 22.3. The molecule has 20 heavy (non-hydrogen) atoms. The van der Waals surface area contributed by atoms with Gasteiger partial charge in [0.25, 0.3) is 0 Å². The van der Waals surface area contributed by atoms with Gasteiger partial charge >= 0.3 is 0 Å². The molecule has 0 aliphatic carbocycles. The molecule has 0 fully saturated rings. The first kappa shape index (κ1) is 16.1. The van der Waals surface area contributed by atoms with Gasteiger partial charge in [-0.3, -0.25) is 0 Å². The highest BCUT2D eigenvalue weighted by atomic mass is 79.9. The van der Waals surface area contributed by atoms with Gasteiger partial charge in [-0.1, -0.05) is 66.0 Å². The van der Waals surface area contributed by atoms with E-state index in [0.717, 1.165) is 22.1 Å². The molecule has 0 spiro atoms. The van der Waals surface area contributed by atoms with Gasteiger partial charge in [0.1, 0.15) is 0 Å². The van der Waals surface area contributed by atoms with Crippen LogP contribution in [0.1, 0.15) is 24.1 Å². The first-order chi connectivity index (χ1) is 9.56. The highest BCUT2D eigenvalue weighted by molar-refractivity contribution is 9.10. The van der Waals surface area contributed by atoms with Crippen LogP contribution in [0.4, 0.5) is 0 Å². The summed E-state index contributed by atoms with van der Waals surface area (Å²) in [5.74, 6) is 0. The van der Waals surface area contributed by atoms with E-state index in [1.165, 1.54) is 0 Å². The Labute approximate surface area is 142 Å². The largest absolute Gasteiger partial charge is 0.306 e. The van der Waals surface area contributed by atoms with Gasteiger partial charge in [0.05, 0.1) is 21.1 Å². The predicted molar refractivity (Wildman–Crippen MR) is 91.1 cm³/mol. The van der Waals surface area contributed by atoms with E-state index in [2.05, 4.69) is 21.2 Å². The summed E-state index contributed by atoms with van der Waals surface area (Å²) in [6.45, 7) is 2.83. The summed E-state index contributed by atoms with van der Waals surface area (Å²) in [6, 6.07) is 11.4. The molecule has 2 rings (SSSR count). The van der Waals surface area contributed by atoms with E-state index in [0.29, 0.717) is 15.1 Å². The van der Waals surface area contributed by atoms with Gasteiger partial charge in [-0.15, -0.1) is 0 Å². The zero-order valence-corrected chi connectivity index (χ0v) is 14.6. The van der Waals surface area contributed by atoms with E-state index >= 15 is 0 Å². The maximum atomic E-state index is 6.40. The van der Waals surface area contributed by atoms with Gasteiger partial charge < -0.3 is 5.32 Å². The first-order valence-electron chi connectivity index (χ1n) is 6.17. The lowest BCUT2D eigenvalue weighted by Gasteiger charge is -2.22. The third-order valence-electron chi connectivity index (χ3n) is 2.99. The number of nitrogens with one attached hydrogen (secondary N) is 1. The van der Waals surface area contributed by atoms with Crippen LogP contribution in [0.15, 0.2) is 40.9 Å². The molecule has 1 nitrogen and oxygen atoms in total. The molecule has 1 N–H and O–H groups in total. The van der Waals surface area contributed by atoms with Gasteiger partial charge in [0.15, 0.2) is 0 Å². The summed E-state index contributed by atoms with van der Waals surface area (Å²) in [6.07, 6.45) is 0. The molecule has 0 saturated carbocycles. The quantitative estimate of drug-likeness (QED) is 0.661. The number of rotatable bonds is 4. The highest BCUT2D eigenvalue weighted by Crippen LogP contribution is 2.37. The normalized spacial score (nSPS) is 12.4. The van der Waals surface area contributed by atoms with E-state index < -0.39 is 0 Å². The maximum Gasteiger partial charge on any atom is 0.0643 e. The summed E-state index contributed by atoms with van der Waals surface area (Å²) in [5.41, 5.74) is 1.88. The van der Waals surface area contributed by atoms with E-state index in [4.69, 9.17) is 34.8 Å². The Balaban J connectivity index is 2.56. The number of benzene rings is 2. The van der Waals surface area contributed by atoms with Crippen molar-refractivity contribution in [2.45, 2.75) is 13.0 Å². The van der Waals surface area contributed by atoms with Crippen LogP contribution >= 0.6 is 50.7 Å². The lowest BCUT2D eigenvalue weighted by Crippen LogP contribution is -2.22. The van der Waals surface area contributed by atoms with Crippen LogP contribution in [0, 0.1) is 0 Å². The molecule has 2 aromatic carbocycles. The zero-order valence-electron chi connectivity index (χ0n) is 10.8. The number of hydrogen-bond acceptors (Lipinski definition) is 1. The first-order valence-corrected chi connectivity index (χ1v) is 8.10. The molecular weight excluding hydrogens is 380 g/mol. The third kappa shape index (κ3) is 3.32. The Kier molecular flexibility index (Phi) is 5.76. The summed E-state index contributed by atoms with van der Waals surface area (Å²) in [4.78, 5) is 0. The molecule has 0 bridgehead atoms. The average Bonchev–Trinajstić information content (AvgIpc) is 2.43. The Morgan fingerprint density at radius 1 is 1.00 bits per heavy atom. The lowest BCUT2D eigenvalue weighted by atomic mass is 9.98. The Morgan fingerprint density at radius 2 is 1.60 bits per heavy atom. The molecule has 0 saturated heterocycles. The second kappa shape index (κ2) is 7.15. The SMILES string of the molecule is CCNC(c1cccc(Cl)c1Cl)c1cccc(Br)c1Cl. The fourth-order valence-corrected chi connectivity index (χ4v) is 3.11. The second-order valence-electron chi connectivity index (χ2n) is 4.28. The molecule has 0 aliphatic rings. The fraction of sp³-hybridized carbons (Fsp3) is 0.200. The Hall–Kier alpha value is -0.250. The van der Waals surface area contributed by atoms with Gasteiger partial charge in [-0.05, 0) is 45.7 Å². The van der Waals surface area contributed by atoms with Crippen LogP contribution in [0.3, 0.4) is 0 Å². The van der Waals surface area contributed by atoms with E-state index in [9.17, 15) is 0 Å². The summed E-state index contributed by atoms with van der Waals surface area (Å²) < 4.78 is 0.859. The highest BCUT2D eigenvalue weighted by Gasteiger charge is 2.20. The Morgan fingerprint density at radius 3 is 2.25 bits per heavy atom. The molecule has 1 unspecified atom stereocenters. The molecule has 0 radical (unpaired) electrons. The van der Waals surface area contributed by atoms with E-state index in [1.54, 1.807) is 6.07 Å². The minimum Gasteiger partial charge on any atom is -0.306 e. The molecule has 0 amide bonds. The predicted octanol–water partition coefficient (Wildman–Crippen LogP) is 6.11. The lowest BCUT2D eigenvalue weighted by molar-refractivity contribution is 0.631. The van der Waals surface area contributed by atoms with E-state index in [1.807, 2.05) is 37.3 Å². The maximum absolute atomic E-state index is 6.40. The van der Waals surface area contributed by atoms with Crippen LogP contribution in [0.5, 0.6) is 0 Å². The fourth-order valence-electron chi connectivity index (χ4n) is 2.08. The van der Waals surface area contributed by atoms with Gasteiger partial charge in [0, 0.05) is 4.47 Å². The molecular formula is C15H13BrCl3N. The topological polar surface area (TPSA) is 12.0 Å². The van der Waals surface area contributed by atoms with Crippen LogP contribution in [0.2, 0.25) is 15.1 Å². The summed E-state index contributed by atoms with van der Waals surface area (Å²) in [5, 5.41) is 5.17. The van der Waals surface area contributed by atoms with Crippen LogP contribution in [-0.2, 0) is 0 Å². The molecule has 5 heteroatoms. The van der Waals surface area contributed by atoms with Gasteiger partial charge in [-0.25, -0.2) is 0 Å². The van der Waals surface area contributed by atoms with Crippen molar-refractivity contribution in [2.75, 3.05) is 6.54 Å².